The maximum Gasteiger partial charge on any atom is 0.310 e. The van der Waals surface area contributed by atoms with Gasteiger partial charge in [-0.05, 0) is 74.0 Å². The summed E-state index contributed by atoms with van der Waals surface area (Å²) < 4.78 is 20.3. The molecule has 6 fully saturated rings. The van der Waals surface area contributed by atoms with Crippen molar-refractivity contribution in [2.45, 2.75) is 85.7 Å². The normalized spacial score (nSPS) is 46.5. The van der Waals surface area contributed by atoms with Crippen LogP contribution in [0.5, 0.6) is 0 Å². The SMILES string of the molecule is CC(=O)OC(C)=O.CC(=O)OC1OCC2C3CC[C@@H](C3)[C@]12C.C[C@@]12C(O)OCC1C1CC[C@H]2C1. The van der Waals surface area contributed by atoms with Crippen molar-refractivity contribution in [2.75, 3.05) is 13.2 Å². The maximum absolute atomic E-state index is 11.0. The Hall–Kier alpha value is -1.51. The molecule has 1 N–H and O–H groups in total. The molecule has 2 saturated heterocycles. The van der Waals surface area contributed by atoms with Crippen LogP contribution in [0.3, 0.4) is 0 Å². The first-order chi connectivity index (χ1) is 16.0. The first-order valence-corrected chi connectivity index (χ1v) is 12.7. The number of hydrogen-bond donors (Lipinski definition) is 1. The summed E-state index contributed by atoms with van der Waals surface area (Å²) in [4.78, 5) is 30.7. The molecule has 4 saturated carbocycles. The Labute approximate surface area is 202 Å². The van der Waals surface area contributed by atoms with Crippen LogP contribution in [0.4, 0.5) is 0 Å². The van der Waals surface area contributed by atoms with Gasteiger partial charge in [0.05, 0.1) is 13.2 Å². The highest BCUT2D eigenvalue weighted by molar-refractivity contribution is 5.82. The lowest BCUT2D eigenvalue weighted by molar-refractivity contribution is -0.188. The van der Waals surface area contributed by atoms with Gasteiger partial charge in [-0.3, -0.25) is 14.4 Å². The minimum Gasteiger partial charge on any atom is -0.435 e. The first-order valence-electron chi connectivity index (χ1n) is 12.7. The molecule has 0 radical (unpaired) electrons. The zero-order valence-corrected chi connectivity index (χ0v) is 21.1. The van der Waals surface area contributed by atoms with Gasteiger partial charge >= 0.3 is 17.9 Å². The van der Waals surface area contributed by atoms with Gasteiger partial charge in [0.15, 0.2) is 6.29 Å². The molecule has 0 aromatic rings. The summed E-state index contributed by atoms with van der Waals surface area (Å²) in [7, 11) is 0. The number of carbonyl (C=O) groups is 3. The van der Waals surface area contributed by atoms with E-state index in [0.717, 1.165) is 31.0 Å². The fourth-order valence-electron chi connectivity index (χ4n) is 8.16. The van der Waals surface area contributed by atoms with Crippen LogP contribution in [0.25, 0.3) is 0 Å². The van der Waals surface area contributed by atoms with Crippen LogP contribution < -0.4 is 0 Å². The van der Waals surface area contributed by atoms with Crippen molar-refractivity contribution in [3.8, 4) is 0 Å². The second-order valence-corrected chi connectivity index (χ2v) is 11.5. The fourth-order valence-corrected chi connectivity index (χ4v) is 8.16. The Kier molecular flexibility index (Phi) is 7.15. The van der Waals surface area contributed by atoms with E-state index in [4.69, 9.17) is 14.2 Å². The molecule has 0 aromatic carbocycles. The lowest BCUT2D eigenvalue weighted by Crippen LogP contribution is -2.40. The number of aliphatic hydroxyl groups excluding tert-OH is 1. The van der Waals surface area contributed by atoms with Gasteiger partial charge < -0.3 is 24.1 Å². The number of esters is 3. The second-order valence-electron chi connectivity index (χ2n) is 11.5. The third kappa shape index (κ3) is 4.30. The van der Waals surface area contributed by atoms with Crippen LogP contribution in [0.2, 0.25) is 0 Å². The van der Waals surface area contributed by atoms with Gasteiger partial charge in [0.2, 0.25) is 6.29 Å². The van der Waals surface area contributed by atoms with Crippen LogP contribution in [0, 0.1) is 46.3 Å². The molecule has 6 aliphatic rings. The van der Waals surface area contributed by atoms with E-state index >= 15 is 0 Å². The molecule has 8 heteroatoms. The molecule has 0 amide bonds. The molecule has 2 aliphatic heterocycles. The molecule has 8 nitrogen and oxygen atoms in total. The predicted octanol–water partition coefficient (Wildman–Crippen LogP) is 3.44. The third-order valence-corrected chi connectivity index (χ3v) is 9.90. The van der Waals surface area contributed by atoms with E-state index < -0.39 is 18.2 Å². The highest BCUT2D eigenvalue weighted by atomic mass is 16.7. The molecule has 192 valence electrons. The molecule has 10 atom stereocenters. The molecule has 2 heterocycles. The number of rotatable bonds is 1. The van der Waals surface area contributed by atoms with Gasteiger partial charge in [0.1, 0.15) is 0 Å². The lowest BCUT2D eigenvalue weighted by atomic mass is 9.68. The lowest BCUT2D eigenvalue weighted by Gasteiger charge is -2.37. The molecule has 6 rings (SSSR count). The van der Waals surface area contributed by atoms with Gasteiger partial charge in [-0.2, -0.15) is 0 Å². The molecule has 4 bridgehead atoms. The molecule has 0 aromatic heterocycles. The highest BCUT2D eigenvalue weighted by Crippen LogP contribution is 2.65. The van der Waals surface area contributed by atoms with Crippen LogP contribution in [0.15, 0.2) is 0 Å². The Bertz CT molecular complexity index is 801. The minimum atomic E-state index is -0.562. The summed E-state index contributed by atoms with van der Waals surface area (Å²) in [5, 5.41) is 9.76. The second kappa shape index (κ2) is 9.51. The van der Waals surface area contributed by atoms with E-state index in [1.807, 2.05) is 0 Å². The zero-order chi connectivity index (χ0) is 24.8. The van der Waals surface area contributed by atoms with Gasteiger partial charge in [0.25, 0.3) is 0 Å². The first kappa shape index (κ1) is 25.6. The standard InChI is InChI=1S/C12H18O3.C10H16O2.C4H6O3/c1-7(13)15-11-12(2)9-4-3-8(5-9)10(12)6-14-11;1-10-7-3-2-6(4-7)8(10)5-12-9(10)11;1-3(5)7-4(2)6/h8-11H,3-6H2,1-2H3;6-9,11H,2-5H2,1H3;1-2H3/t8?,9-,10?,11?,12-;6?,7-,8?,9?,10-;/m00./s1. The van der Waals surface area contributed by atoms with Crippen molar-refractivity contribution in [3.05, 3.63) is 0 Å². The van der Waals surface area contributed by atoms with Gasteiger partial charge in [-0.1, -0.05) is 13.8 Å². The largest absolute Gasteiger partial charge is 0.435 e. The van der Waals surface area contributed by atoms with E-state index in [1.165, 1.54) is 59.3 Å². The average molecular weight is 481 g/mol. The Morgan fingerprint density at radius 1 is 0.765 bits per heavy atom. The van der Waals surface area contributed by atoms with E-state index in [-0.39, 0.29) is 23.1 Å². The fraction of sp³-hybridized carbons (Fsp3) is 0.885. The molecule has 6 unspecified atom stereocenters. The van der Waals surface area contributed by atoms with Crippen LogP contribution in [-0.2, 0) is 33.3 Å². The minimum absolute atomic E-state index is 0.106. The summed E-state index contributed by atoms with van der Waals surface area (Å²) in [6.45, 7) is 9.89. The summed E-state index contributed by atoms with van der Waals surface area (Å²) in [5.41, 5.74) is 0.220. The third-order valence-electron chi connectivity index (χ3n) is 9.90. The molecule has 0 spiro atoms. The maximum atomic E-state index is 11.0. The van der Waals surface area contributed by atoms with Crippen molar-refractivity contribution < 1.29 is 38.4 Å². The van der Waals surface area contributed by atoms with Crippen molar-refractivity contribution in [1.29, 1.82) is 0 Å². The molecule has 4 aliphatic carbocycles. The summed E-state index contributed by atoms with van der Waals surface area (Å²) >= 11 is 0. The van der Waals surface area contributed by atoms with Gasteiger partial charge in [-0.25, -0.2) is 0 Å². The van der Waals surface area contributed by atoms with Crippen molar-refractivity contribution in [3.63, 3.8) is 0 Å². The highest BCUT2D eigenvalue weighted by Gasteiger charge is 2.64. The van der Waals surface area contributed by atoms with E-state index in [9.17, 15) is 19.5 Å². The number of aliphatic hydroxyl groups is 1. The number of carbonyl (C=O) groups excluding carboxylic acids is 3. The quantitative estimate of drug-likeness (QED) is 0.449. The Morgan fingerprint density at radius 3 is 1.74 bits per heavy atom. The number of hydrogen-bond acceptors (Lipinski definition) is 8. The van der Waals surface area contributed by atoms with Crippen LogP contribution in [0.1, 0.15) is 73.1 Å². The summed E-state index contributed by atoms with van der Waals surface area (Å²) in [6.07, 6.45) is 7.25. The van der Waals surface area contributed by atoms with Crippen LogP contribution in [-0.4, -0.2) is 48.8 Å². The smallest absolute Gasteiger partial charge is 0.310 e. The van der Waals surface area contributed by atoms with E-state index in [0.29, 0.717) is 17.8 Å². The predicted molar refractivity (Wildman–Crippen MR) is 121 cm³/mol. The monoisotopic (exact) mass is 480 g/mol. The summed E-state index contributed by atoms with van der Waals surface area (Å²) in [6, 6.07) is 0. The summed E-state index contributed by atoms with van der Waals surface area (Å²) in [5.74, 6) is 3.07. The number of fused-ring (bicyclic) bond motifs is 10. The Morgan fingerprint density at radius 2 is 1.26 bits per heavy atom. The van der Waals surface area contributed by atoms with Gasteiger partial charge in [-0.15, -0.1) is 0 Å². The van der Waals surface area contributed by atoms with Crippen molar-refractivity contribution in [1.82, 2.24) is 0 Å². The van der Waals surface area contributed by atoms with Crippen LogP contribution >= 0.6 is 0 Å². The van der Waals surface area contributed by atoms with Crippen molar-refractivity contribution >= 4 is 17.9 Å². The topological polar surface area (TPSA) is 108 Å². The van der Waals surface area contributed by atoms with Gasteiger partial charge in [0, 0.05) is 31.6 Å². The van der Waals surface area contributed by atoms with E-state index in [2.05, 4.69) is 18.6 Å². The number of ether oxygens (including phenoxy) is 4. The molecular weight excluding hydrogens is 440 g/mol. The molecule has 34 heavy (non-hydrogen) atoms. The Balaban J connectivity index is 0.000000130. The average Bonchev–Trinajstić information content (AvgIpc) is 3.54. The van der Waals surface area contributed by atoms with Crippen molar-refractivity contribution in [2.24, 2.45) is 46.3 Å². The van der Waals surface area contributed by atoms with E-state index in [1.54, 1.807) is 0 Å². The zero-order valence-electron chi connectivity index (χ0n) is 21.1. The molecular formula is C26H40O8.